The Balaban J connectivity index is 1.25. The number of nitrogens with one attached hydrogen (secondary N) is 1. The second-order valence-corrected chi connectivity index (χ2v) is 8.11. The van der Waals surface area contributed by atoms with Crippen LogP contribution in [0.15, 0.2) is 47.7 Å². The van der Waals surface area contributed by atoms with E-state index in [-0.39, 0.29) is 11.6 Å². The number of rotatable bonds is 8. The summed E-state index contributed by atoms with van der Waals surface area (Å²) in [4.78, 5) is 32.1. The molecule has 2 aliphatic heterocycles. The second-order valence-electron chi connectivity index (χ2n) is 8.11. The van der Waals surface area contributed by atoms with Crippen LogP contribution in [0, 0.1) is 10.1 Å². The van der Waals surface area contributed by atoms with Crippen LogP contribution in [0.25, 0.3) is 0 Å². The summed E-state index contributed by atoms with van der Waals surface area (Å²) in [5, 5.41) is 15.0. The standard InChI is InChI=1S/C23H25N9O5/c33-32(34)18-3-6-20(24-16-18)37-19-4-1-17(2-5-19)15-25-29-21-26-22(30-7-11-35-12-8-30)28-23(27-21)31-9-13-36-14-10-31/h1-6,15-16H,7-14H2,(H,26,27,28,29)/b25-15+. The van der Waals surface area contributed by atoms with Gasteiger partial charge in [-0.25, -0.2) is 10.4 Å². The number of nitrogens with zero attached hydrogens (tertiary/aromatic N) is 8. The lowest BCUT2D eigenvalue weighted by Gasteiger charge is -2.30. The molecule has 14 nitrogen and oxygen atoms in total. The van der Waals surface area contributed by atoms with Crippen molar-refractivity contribution >= 4 is 29.7 Å². The number of hydrogen-bond acceptors (Lipinski definition) is 13. The van der Waals surface area contributed by atoms with E-state index in [2.05, 4.69) is 40.3 Å². The normalized spacial score (nSPS) is 16.1. The Kier molecular flexibility index (Phi) is 7.57. The Morgan fingerprint density at radius 2 is 1.54 bits per heavy atom. The van der Waals surface area contributed by atoms with Crippen molar-refractivity contribution in [2.45, 2.75) is 0 Å². The lowest BCUT2D eigenvalue weighted by molar-refractivity contribution is -0.385. The van der Waals surface area contributed by atoms with Gasteiger partial charge in [0.25, 0.3) is 5.69 Å². The molecular formula is C23H25N9O5. The SMILES string of the molecule is O=[N+]([O-])c1ccc(Oc2ccc(/C=N/Nc3nc(N4CCOCC4)nc(N4CCOCC4)n3)cc2)nc1. The predicted octanol–water partition coefficient (Wildman–Crippen LogP) is 2.09. The molecule has 2 fully saturated rings. The fraction of sp³-hybridized carbons (Fsp3) is 0.348. The average Bonchev–Trinajstić information content (AvgIpc) is 2.95. The van der Waals surface area contributed by atoms with E-state index in [0.29, 0.717) is 76.2 Å². The van der Waals surface area contributed by atoms with E-state index in [1.807, 2.05) is 12.1 Å². The van der Waals surface area contributed by atoms with E-state index in [4.69, 9.17) is 14.2 Å². The van der Waals surface area contributed by atoms with Crippen LogP contribution in [-0.4, -0.2) is 83.7 Å². The van der Waals surface area contributed by atoms with Crippen molar-refractivity contribution in [2.24, 2.45) is 5.10 Å². The molecule has 0 saturated carbocycles. The van der Waals surface area contributed by atoms with E-state index >= 15 is 0 Å². The van der Waals surface area contributed by atoms with Gasteiger partial charge in [0.05, 0.1) is 37.6 Å². The quantitative estimate of drug-likeness (QED) is 0.270. The van der Waals surface area contributed by atoms with Crippen LogP contribution >= 0.6 is 0 Å². The average molecular weight is 508 g/mol. The minimum absolute atomic E-state index is 0.0984. The number of aromatic nitrogens is 4. The fourth-order valence-corrected chi connectivity index (χ4v) is 3.66. The Morgan fingerprint density at radius 3 is 2.08 bits per heavy atom. The lowest BCUT2D eigenvalue weighted by Crippen LogP contribution is -2.40. The number of anilines is 3. The molecule has 192 valence electrons. The summed E-state index contributed by atoms with van der Waals surface area (Å²) < 4.78 is 16.5. The van der Waals surface area contributed by atoms with Crippen LogP contribution in [0.2, 0.25) is 0 Å². The van der Waals surface area contributed by atoms with Gasteiger partial charge in [-0.05, 0) is 29.8 Å². The summed E-state index contributed by atoms with van der Waals surface area (Å²) in [5.41, 5.74) is 3.63. The van der Waals surface area contributed by atoms with Gasteiger partial charge in [0.2, 0.25) is 23.7 Å². The molecule has 2 aromatic heterocycles. The molecular weight excluding hydrogens is 482 g/mol. The molecule has 4 heterocycles. The topological polar surface area (TPSA) is 153 Å². The first-order chi connectivity index (χ1) is 18.1. The van der Waals surface area contributed by atoms with Crippen molar-refractivity contribution in [1.29, 1.82) is 0 Å². The highest BCUT2D eigenvalue weighted by molar-refractivity contribution is 5.80. The van der Waals surface area contributed by atoms with E-state index in [9.17, 15) is 10.1 Å². The van der Waals surface area contributed by atoms with Gasteiger partial charge >= 0.3 is 0 Å². The van der Waals surface area contributed by atoms with Crippen molar-refractivity contribution in [3.8, 4) is 11.6 Å². The molecule has 0 bridgehead atoms. The largest absolute Gasteiger partial charge is 0.439 e. The predicted molar refractivity (Wildman–Crippen MR) is 135 cm³/mol. The number of hydrogen-bond donors (Lipinski definition) is 1. The maximum absolute atomic E-state index is 10.7. The van der Waals surface area contributed by atoms with Crippen molar-refractivity contribution in [3.05, 3.63) is 58.3 Å². The zero-order valence-corrected chi connectivity index (χ0v) is 19.9. The Hall–Kier alpha value is -4.43. The molecule has 0 aliphatic carbocycles. The summed E-state index contributed by atoms with van der Waals surface area (Å²) in [6.45, 7) is 5.33. The molecule has 0 unspecified atom stereocenters. The molecule has 37 heavy (non-hydrogen) atoms. The van der Waals surface area contributed by atoms with Gasteiger partial charge in [0.15, 0.2) is 0 Å². The lowest BCUT2D eigenvalue weighted by atomic mass is 10.2. The third-order valence-corrected chi connectivity index (χ3v) is 5.61. The van der Waals surface area contributed by atoms with Crippen molar-refractivity contribution in [1.82, 2.24) is 19.9 Å². The highest BCUT2D eigenvalue weighted by Crippen LogP contribution is 2.22. The molecule has 2 aliphatic rings. The van der Waals surface area contributed by atoms with Gasteiger partial charge in [-0.1, -0.05) is 0 Å². The van der Waals surface area contributed by atoms with Crippen LogP contribution in [0.1, 0.15) is 5.56 Å². The number of morpholine rings is 2. The molecule has 0 amide bonds. The number of hydrazone groups is 1. The Labute approximate surface area is 212 Å². The van der Waals surface area contributed by atoms with E-state index < -0.39 is 4.92 Å². The number of pyridine rings is 1. The molecule has 3 aromatic rings. The second kappa shape index (κ2) is 11.5. The Morgan fingerprint density at radius 1 is 0.919 bits per heavy atom. The molecule has 0 radical (unpaired) electrons. The van der Waals surface area contributed by atoms with Crippen molar-refractivity contribution in [2.75, 3.05) is 67.8 Å². The zero-order chi connectivity index (χ0) is 25.5. The molecule has 2 saturated heterocycles. The summed E-state index contributed by atoms with van der Waals surface area (Å²) in [6, 6.07) is 9.92. The third-order valence-electron chi connectivity index (χ3n) is 5.61. The van der Waals surface area contributed by atoms with Crippen LogP contribution in [0.4, 0.5) is 23.5 Å². The highest BCUT2D eigenvalue weighted by atomic mass is 16.6. The summed E-state index contributed by atoms with van der Waals surface area (Å²) in [6.07, 6.45) is 2.79. The Bertz CT molecular complexity index is 1190. The highest BCUT2D eigenvalue weighted by Gasteiger charge is 2.20. The van der Waals surface area contributed by atoms with Crippen molar-refractivity contribution in [3.63, 3.8) is 0 Å². The molecule has 1 N–H and O–H groups in total. The van der Waals surface area contributed by atoms with Crippen LogP contribution < -0.4 is 20.0 Å². The fourth-order valence-electron chi connectivity index (χ4n) is 3.66. The van der Waals surface area contributed by atoms with Gasteiger partial charge in [0, 0.05) is 38.3 Å². The summed E-state index contributed by atoms with van der Waals surface area (Å²) >= 11 is 0. The van der Waals surface area contributed by atoms with Gasteiger partial charge in [-0.15, -0.1) is 0 Å². The van der Waals surface area contributed by atoms with Crippen LogP contribution in [-0.2, 0) is 9.47 Å². The smallest absolute Gasteiger partial charge is 0.287 e. The number of ether oxygens (including phenoxy) is 3. The van der Waals surface area contributed by atoms with Gasteiger partial charge in [-0.3, -0.25) is 10.1 Å². The molecule has 0 atom stereocenters. The summed E-state index contributed by atoms with van der Waals surface area (Å²) in [5.74, 6) is 2.31. The number of nitro groups is 1. The van der Waals surface area contributed by atoms with Gasteiger partial charge in [-0.2, -0.15) is 20.1 Å². The number of benzene rings is 1. The minimum Gasteiger partial charge on any atom is -0.439 e. The minimum atomic E-state index is -0.511. The monoisotopic (exact) mass is 507 g/mol. The first kappa shape index (κ1) is 24.3. The first-order valence-corrected chi connectivity index (χ1v) is 11.7. The van der Waals surface area contributed by atoms with Crippen LogP contribution in [0.3, 0.4) is 0 Å². The maximum Gasteiger partial charge on any atom is 0.287 e. The van der Waals surface area contributed by atoms with Crippen LogP contribution in [0.5, 0.6) is 11.6 Å². The molecule has 0 spiro atoms. The maximum atomic E-state index is 10.7. The zero-order valence-electron chi connectivity index (χ0n) is 19.9. The molecule has 1 aromatic carbocycles. The van der Waals surface area contributed by atoms with Gasteiger partial charge in [0.1, 0.15) is 11.9 Å². The van der Waals surface area contributed by atoms with E-state index in [1.54, 1.807) is 18.3 Å². The van der Waals surface area contributed by atoms with Crippen molar-refractivity contribution < 1.29 is 19.1 Å². The third kappa shape index (κ3) is 6.42. The molecule has 14 heteroatoms. The first-order valence-electron chi connectivity index (χ1n) is 11.7. The molecule has 5 rings (SSSR count). The van der Waals surface area contributed by atoms with E-state index in [1.165, 1.54) is 12.1 Å². The van der Waals surface area contributed by atoms with E-state index in [0.717, 1.165) is 11.8 Å². The summed E-state index contributed by atoms with van der Waals surface area (Å²) in [7, 11) is 0. The van der Waals surface area contributed by atoms with Gasteiger partial charge < -0.3 is 24.0 Å².